The zero-order chi connectivity index (χ0) is 22.5. The van der Waals surface area contributed by atoms with Gasteiger partial charge in [0.05, 0.1) is 16.9 Å². The number of hydrogen-bond acceptors (Lipinski definition) is 2. The van der Waals surface area contributed by atoms with E-state index in [0.29, 0.717) is 5.39 Å². The Labute approximate surface area is 188 Å². The highest BCUT2D eigenvalue weighted by Gasteiger charge is 2.18. The van der Waals surface area contributed by atoms with E-state index in [4.69, 9.17) is 0 Å². The van der Waals surface area contributed by atoms with Crippen LogP contribution in [-0.4, -0.2) is 9.55 Å². The van der Waals surface area contributed by atoms with Crippen molar-refractivity contribution in [2.45, 2.75) is 33.1 Å². The van der Waals surface area contributed by atoms with Crippen LogP contribution in [0, 0.1) is 6.92 Å². The number of rotatable bonds is 2. The fourth-order valence-electron chi connectivity index (χ4n) is 4.35. The van der Waals surface area contributed by atoms with Gasteiger partial charge in [0, 0.05) is 17.0 Å². The summed E-state index contributed by atoms with van der Waals surface area (Å²) in [6, 6.07) is 26.6. The molecule has 0 N–H and O–H groups in total. The van der Waals surface area contributed by atoms with E-state index in [1.54, 1.807) is 6.20 Å². The molecule has 32 heavy (non-hydrogen) atoms. The average molecular weight is 419 g/mol. The van der Waals surface area contributed by atoms with Crippen molar-refractivity contribution in [3.05, 3.63) is 107 Å². The number of nitrogens with zero attached hydrogens (tertiary/aromatic N) is 2. The predicted molar refractivity (Wildman–Crippen MR) is 134 cm³/mol. The minimum atomic E-state index is -0.0285. The van der Waals surface area contributed by atoms with E-state index in [9.17, 15) is 4.79 Å². The first-order valence-corrected chi connectivity index (χ1v) is 10.9. The number of fused-ring (bicyclic) bond motifs is 2. The number of hydrogen-bond donors (Lipinski definition) is 0. The summed E-state index contributed by atoms with van der Waals surface area (Å²) < 4.78 is 1.85. The fourth-order valence-corrected chi connectivity index (χ4v) is 4.35. The van der Waals surface area contributed by atoms with Crippen LogP contribution < -0.4 is 5.56 Å². The van der Waals surface area contributed by atoms with Crippen molar-refractivity contribution in [1.29, 1.82) is 0 Å². The molecular weight excluding hydrogens is 392 g/mol. The second-order valence-electron chi connectivity index (χ2n) is 9.39. The Bertz CT molecular complexity index is 1520. The zero-order valence-corrected chi connectivity index (χ0v) is 18.9. The fraction of sp³-hybridized carbons (Fsp3) is 0.172. The summed E-state index contributed by atoms with van der Waals surface area (Å²) >= 11 is 0. The van der Waals surface area contributed by atoms with Gasteiger partial charge in [-0.15, -0.1) is 0 Å². The molecule has 2 aromatic heterocycles. The molecule has 0 atom stereocenters. The lowest BCUT2D eigenvalue weighted by Gasteiger charge is -2.21. The maximum Gasteiger partial charge on any atom is 0.263 e. The van der Waals surface area contributed by atoms with E-state index >= 15 is 0 Å². The van der Waals surface area contributed by atoms with Crippen LogP contribution in [0.5, 0.6) is 0 Å². The Morgan fingerprint density at radius 3 is 2.28 bits per heavy atom. The highest BCUT2D eigenvalue weighted by molar-refractivity contribution is 5.91. The van der Waals surface area contributed by atoms with Crippen molar-refractivity contribution < 1.29 is 0 Å². The molecular formula is C29H26N2O. The molecule has 0 saturated carbocycles. The van der Waals surface area contributed by atoms with Crippen LogP contribution in [0.3, 0.4) is 0 Å². The minimum Gasteiger partial charge on any atom is -0.274 e. The second-order valence-corrected chi connectivity index (χ2v) is 9.39. The lowest BCUT2D eigenvalue weighted by atomic mass is 9.86. The maximum atomic E-state index is 13.9. The van der Waals surface area contributed by atoms with E-state index in [1.165, 1.54) is 5.56 Å². The highest BCUT2D eigenvalue weighted by atomic mass is 16.1. The van der Waals surface area contributed by atoms with E-state index in [0.717, 1.165) is 38.8 Å². The third-order valence-corrected chi connectivity index (χ3v) is 6.15. The van der Waals surface area contributed by atoms with Gasteiger partial charge in [-0.1, -0.05) is 81.4 Å². The molecule has 158 valence electrons. The van der Waals surface area contributed by atoms with Crippen LogP contribution in [0.2, 0.25) is 0 Å². The molecule has 5 aromatic rings. The van der Waals surface area contributed by atoms with Crippen LogP contribution in [0.25, 0.3) is 38.6 Å². The molecule has 0 bridgehead atoms. The maximum absolute atomic E-state index is 13.9. The van der Waals surface area contributed by atoms with Gasteiger partial charge in [-0.25, -0.2) is 0 Å². The first kappa shape index (κ1) is 20.2. The summed E-state index contributed by atoms with van der Waals surface area (Å²) in [6.07, 6.45) is 1.79. The van der Waals surface area contributed by atoms with Gasteiger partial charge < -0.3 is 0 Å². The Morgan fingerprint density at radius 2 is 1.53 bits per heavy atom. The summed E-state index contributed by atoms with van der Waals surface area (Å²) in [5, 5.41) is 2.66. The molecule has 3 nitrogen and oxygen atoms in total. The molecule has 0 spiro atoms. The molecule has 3 heteroatoms. The van der Waals surface area contributed by atoms with Gasteiger partial charge in [0.1, 0.15) is 0 Å². The monoisotopic (exact) mass is 418 g/mol. The third-order valence-electron chi connectivity index (χ3n) is 6.15. The van der Waals surface area contributed by atoms with Crippen molar-refractivity contribution in [1.82, 2.24) is 9.55 Å². The van der Waals surface area contributed by atoms with E-state index in [2.05, 4.69) is 68.2 Å². The van der Waals surface area contributed by atoms with E-state index in [-0.39, 0.29) is 11.0 Å². The molecule has 0 aliphatic carbocycles. The summed E-state index contributed by atoms with van der Waals surface area (Å²) in [5.41, 5.74) is 5.87. The van der Waals surface area contributed by atoms with Crippen molar-refractivity contribution in [3.63, 3.8) is 0 Å². The van der Waals surface area contributed by atoms with Crippen LogP contribution in [0.15, 0.2) is 89.9 Å². The molecule has 0 fully saturated rings. The quantitative estimate of drug-likeness (QED) is 0.315. The first-order chi connectivity index (χ1) is 15.3. The average Bonchev–Trinajstić information content (AvgIpc) is 2.79. The van der Waals surface area contributed by atoms with Crippen molar-refractivity contribution in [2.75, 3.05) is 0 Å². The largest absolute Gasteiger partial charge is 0.274 e. The van der Waals surface area contributed by atoms with E-state index < -0.39 is 0 Å². The van der Waals surface area contributed by atoms with Crippen molar-refractivity contribution in [3.8, 4) is 16.9 Å². The van der Waals surface area contributed by atoms with E-state index in [1.807, 2.05) is 47.9 Å². The Kier molecular flexibility index (Phi) is 4.70. The second kappa shape index (κ2) is 7.45. The zero-order valence-electron chi connectivity index (χ0n) is 18.9. The summed E-state index contributed by atoms with van der Waals surface area (Å²) in [4.78, 5) is 18.5. The van der Waals surface area contributed by atoms with Gasteiger partial charge >= 0.3 is 0 Å². The lowest BCUT2D eigenvalue weighted by molar-refractivity contribution is 0.590. The molecule has 0 aliphatic rings. The first-order valence-electron chi connectivity index (χ1n) is 10.9. The SMILES string of the molecule is Cc1ccc2cccnc2c1-n1c(-c2ccc(C(C)(C)C)cc2)cc2ccccc2c1=O. The number of aryl methyl sites for hydroxylation is 1. The summed E-state index contributed by atoms with van der Waals surface area (Å²) in [5.74, 6) is 0. The normalized spacial score (nSPS) is 11.9. The van der Waals surface area contributed by atoms with Gasteiger partial charge in [-0.3, -0.25) is 14.3 Å². The summed E-state index contributed by atoms with van der Waals surface area (Å²) in [7, 11) is 0. The molecule has 0 amide bonds. The molecule has 3 aromatic carbocycles. The smallest absolute Gasteiger partial charge is 0.263 e. The van der Waals surface area contributed by atoms with Gasteiger partial charge in [-0.2, -0.15) is 0 Å². The number of benzene rings is 3. The van der Waals surface area contributed by atoms with Crippen molar-refractivity contribution >= 4 is 21.7 Å². The minimum absolute atomic E-state index is 0.0285. The molecule has 0 radical (unpaired) electrons. The van der Waals surface area contributed by atoms with Crippen LogP contribution >= 0.6 is 0 Å². The molecule has 0 unspecified atom stereocenters. The Morgan fingerprint density at radius 1 is 0.812 bits per heavy atom. The predicted octanol–water partition coefficient (Wildman–Crippen LogP) is 6.81. The molecule has 0 saturated heterocycles. The molecule has 0 aliphatic heterocycles. The lowest BCUT2D eigenvalue weighted by Crippen LogP contribution is -2.22. The topological polar surface area (TPSA) is 34.9 Å². The molecule has 2 heterocycles. The van der Waals surface area contributed by atoms with Gasteiger partial charge in [0.25, 0.3) is 5.56 Å². The van der Waals surface area contributed by atoms with Crippen LogP contribution in [0.4, 0.5) is 0 Å². The summed E-state index contributed by atoms with van der Waals surface area (Å²) in [6.45, 7) is 8.66. The highest BCUT2D eigenvalue weighted by Crippen LogP contribution is 2.31. The van der Waals surface area contributed by atoms with Gasteiger partial charge in [-0.05, 0) is 52.6 Å². The molecule has 5 rings (SSSR count). The standard InChI is InChI=1S/C29H26N2O/c1-19-11-12-21-9-7-17-30-26(21)27(19)31-25(18-22-8-5-6-10-24(22)28(31)32)20-13-15-23(16-14-20)29(2,3)4/h5-18H,1-4H3. The van der Waals surface area contributed by atoms with Crippen molar-refractivity contribution in [2.24, 2.45) is 0 Å². The Hall–Kier alpha value is -3.72. The van der Waals surface area contributed by atoms with Crippen LogP contribution in [0.1, 0.15) is 31.9 Å². The third kappa shape index (κ3) is 3.31. The van der Waals surface area contributed by atoms with Crippen LogP contribution in [-0.2, 0) is 5.41 Å². The number of pyridine rings is 2. The van der Waals surface area contributed by atoms with Gasteiger partial charge in [0.2, 0.25) is 0 Å². The number of aromatic nitrogens is 2. The Balaban J connectivity index is 1.89. The van der Waals surface area contributed by atoms with Gasteiger partial charge in [0.15, 0.2) is 0 Å².